The summed E-state index contributed by atoms with van der Waals surface area (Å²) in [7, 11) is 0. The highest BCUT2D eigenvalue weighted by atomic mass is 16.3. The Hall–Kier alpha value is -1.68. The molecule has 0 fully saturated rings. The predicted octanol–water partition coefficient (Wildman–Crippen LogP) is 1.75. The molecule has 0 bridgehead atoms. The molecule has 0 spiro atoms. The molecule has 94 valence electrons. The van der Waals surface area contributed by atoms with E-state index in [0.29, 0.717) is 0 Å². The lowest BCUT2D eigenvalue weighted by Gasteiger charge is -2.17. The molecule has 2 aromatic rings. The van der Waals surface area contributed by atoms with E-state index < -0.39 is 6.10 Å². The zero-order valence-electron chi connectivity index (χ0n) is 10.5. The van der Waals surface area contributed by atoms with Crippen LogP contribution in [0, 0.1) is 5.92 Å². The maximum atomic E-state index is 10.5. The van der Waals surface area contributed by atoms with Gasteiger partial charge in [-0.05, 0) is 36.8 Å². The van der Waals surface area contributed by atoms with Crippen LogP contribution >= 0.6 is 0 Å². The molecule has 1 N–H and O–H groups in total. The molecular weight excluding hydrogens is 226 g/mol. The summed E-state index contributed by atoms with van der Waals surface area (Å²) in [6.07, 6.45) is 3.07. The normalized spacial score (nSPS) is 16.8. The fourth-order valence-electron chi connectivity index (χ4n) is 2.80. The lowest BCUT2D eigenvalue weighted by Crippen LogP contribution is -2.17. The lowest BCUT2D eigenvalue weighted by molar-refractivity contribution is 0.104. The first kappa shape index (κ1) is 11.4. The van der Waals surface area contributed by atoms with Crippen molar-refractivity contribution in [2.45, 2.75) is 32.4 Å². The van der Waals surface area contributed by atoms with Gasteiger partial charge in [0.2, 0.25) is 0 Å². The van der Waals surface area contributed by atoms with Gasteiger partial charge in [0.1, 0.15) is 6.10 Å². The third kappa shape index (κ3) is 1.82. The molecule has 0 saturated heterocycles. The minimum atomic E-state index is -0.479. The van der Waals surface area contributed by atoms with Gasteiger partial charge in [-0.15, -0.1) is 5.10 Å². The molecule has 0 aliphatic heterocycles. The summed E-state index contributed by atoms with van der Waals surface area (Å²) in [4.78, 5) is 0. The molecule has 1 aliphatic carbocycles. The zero-order valence-corrected chi connectivity index (χ0v) is 10.5. The highest BCUT2D eigenvalue weighted by Gasteiger charge is 2.30. The predicted molar refractivity (Wildman–Crippen MR) is 68.0 cm³/mol. The van der Waals surface area contributed by atoms with Crippen molar-refractivity contribution in [3.63, 3.8) is 0 Å². The van der Waals surface area contributed by atoms with Gasteiger partial charge in [0, 0.05) is 6.54 Å². The van der Waals surface area contributed by atoms with Crippen LogP contribution in [0.3, 0.4) is 0 Å². The van der Waals surface area contributed by atoms with E-state index in [9.17, 15) is 5.11 Å². The van der Waals surface area contributed by atoms with E-state index in [2.05, 4.69) is 34.6 Å². The van der Waals surface area contributed by atoms with Crippen molar-refractivity contribution in [1.82, 2.24) is 15.0 Å². The summed E-state index contributed by atoms with van der Waals surface area (Å²) >= 11 is 0. The summed E-state index contributed by atoms with van der Waals surface area (Å²) < 4.78 is 1.77. The number of nitrogens with zero attached hydrogens (tertiary/aromatic N) is 3. The fourth-order valence-corrected chi connectivity index (χ4v) is 2.80. The van der Waals surface area contributed by atoms with Crippen LogP contribution in [0.25, 0.3) is 0 Å². The first-order chi connectivity index (χ1) is 8.79. The van der Waals surface area contributed by atoms with Crippen LogP contribution < -0.4 is 0 Å². The largest absolute Gasteiger partial charge is 0.386 e. The van der Waals surface area contributed by atoms with Gasteiger partial charge in [-0.25, -0.2) is 4.68 Å². The van der Waals surface area contributed by atoms with Gasteiger partial charge in [0.05, 0.1) is 11.9 Å². The third-order valence-electron chi connectivity index (χ3n) is 3.78. The van der Waals surface area contributed by atoms with Crippen LogP contribution in [0.4, 0.5) is 0 Å². The summed E-state index contributed by atoms with van der Waals surface area (Å²) in [5.41, 5.74) is 3.55. The second-order valence-electron chi connectivity index (χ2n) is 4.86. The Morgan fingerprint density at radius 3 is 2.61 bits per heavy atom. The van der Waals surface area contributed by atoms with Gasteiger partial charge in [0.15, 0.2) is 0 Å². The van der Waals surface area contributed by atoms with Crippen molar-refractivity contribution >= 4 is 0 Å². The molecule has 4 nitrogen and oxygen atoms in total. The van der Waals surface area contributed by atoms with Crippen molar-refractivity contribution in [2.75, 3.05) is 0 Å². The second-order valence-corrected chi connectivity index (χ2v) is 4.86. The van der Waals surface area contributed by atoms with Gasteiger partial charge in [-0.1, -0.05) is 29.5 Å². The van der Waals surface area contributed by atoms with Crippen molar-refractivity contribution < 1.29 is 5.11 Å². The van der Waals surface area contributed by atoms with E-state index in [1.54, 1.807) is 10.9 Å². The van der Waals surface area contributed by atoms with Crippen molar-refractivity contribution in [3.05, 3.63) is 47.3 Å². The minimum absolute atomic E-state index is 0.242. The number of fused-ring (bicyclic) bond motifs is 1. The Morgan fingerprint density at radius 2 is 2.00 bits per heavy atom. The summed E-state index contributed by atoms with van der Waals surface area (Å²) in [5.74, 6) is 0.242. The van der Waals surface area contributed by atoms with Crippen LogP contribution in [0.15, 0.2) is 30.5 Å². The van der Waals surface area contributed by atoms with Crippen molar-refractivity contribution in [3.8, 4) is 0 Å². The lowest BCUT2D eigenvalue weighted by atomic mass is 9.97. The maximum Gasteiger partial charge on any atom is 0.101 e. The standard InChI is InChI=1S/C14H17N3O/c1-2-17-13(9-15-16-17)14(18)12-7-10-5-3-4-6-11(10)8-12/h3-6,9,12,14,18H,2,7-8H2,1H3. The molecule has 1 unspecified atom stereocenters. The number of aromatic nitrogens is 3. The summed E-state index contributed by atoms with van der Waals surface area (Å²) in [6, 6.07) is 8.42. The monoisotopic (exact) mass is 243 g/mol. The van der Waals surface area contributed by atoms with Gasteiger partial charge < -0.3 is 5.11 Å². The Labute approximate surface area is 106 Å². The number of aryl methyl sites for hydroxylation is 1. The number of aliphatic hydroxyl groups is 1. The molecule has 4 heteroatoms. The molecule has 0 saturated carbocycles. The van der Waals surface area contributed by atoms with E-state index in [-0.39, 0.29) is 5.92 Å². The first-order valence-electron chi connectivity index (χ1n) is 6.42. The zero-order chi connectivity index (χ0) is 12.5. The maximum absolute atomic E-state index is 10.5. The minimum Gasteiger partial charge on any atom is -0.386 e. The Balaban J connectivity index is 1.82. The number of hydrogen-bond acceptors (Lipinski definition) is 3. The highest BCUT2D eigenvalue weighted by Crippen LogP contribution is 2.34. The van der Waals surface area contributed by atoms with Crippen LogP contribution in [-0.4, -0.2) is 20.1 Å². The van der Waals surface area contributed by atoms with E-state index in [4.69, 9.17) is 0 Å². The quantitative estimate of drug-likeness (QED) is 0.893. The number of aliphatic hydroxyl groups excluding tert-OH is 1. The first-order valence-corrected chi connectivity index (χ1v) is 6.42. The molecule has 3 rings (SSSR count). The van der Waals surface area contributed by atoms with E-state index in [1.165, 1.54) is 11.1 Å². The Morgan fingerprint density at radius 1 is 1.33 bits per heavy atom. The van der Waals surface area contributed by atoms with Gasteiger partial charge in [-0.3, -0.25) is 0 Å². The summed E-state index contributed by atoms with van der Waals surface area (Å²) in [6.45, 7) is 2.75. The second kappa shape index (κ2) is 4.53. The molecule has 0 radical (unpaired) electrons. The van der Waals surface area contributed by atoms with Crippen LogP contribution in [0.2, 0.25) is 0 Å². The SMILES string of the molecule is CCn1nncc1C(O)C1Cc2ccccc2C1. The molecular formula is C14H17N3O. The van der Waals surface area contributed by atoms with E-state index in [1.807, 2.05) is 6.92 Å². The third-order valence-corrected chi connectivity index (χ3v) is 3.78. The van der Waals surface area contributed by atoms with Crippen molar-refractivity contribution in [2.24, 2.45) is 5.92 Å². The molecule has 0 amide bonds. The average molecular weight is 243 g/mol. The van der Waals surface area contributed by atoms with Crippen LogP contribution in [0.5, 0.6) is 0 Å². The van der Waals surface area contributed by atoms with Gasteiger partial charge >= 0.3 is 0 Å². The highest BCUT2D eigenvalue weighted by molar-refractivity contribution is 5.33. The van der Waals surface area contributed by atoms with Gasteiger partial charge in [-0.2, -0.15) is 0 Å². The van der Waals surface area contributed by atoms with Crippen LogP contribution in [-0.2, 0) is 19.4 Å². The van der Waals surface area contributed by atoms with E-state index in [0.717, 1.165) is 25.1 Å². The number of rotatable bonds is 3. The van der Waals surface area contributed by atoms with Crippen molar-refractivity contribution in [1.29, 1.82) is 0 Å². The fraction of sp³-hybridized carbons (Fsp3) is 0.429. The van der Waals surface area contributed by atoms with Crippen LogP contribution in [0.1, 0.15) is 29.8 Å². The molecule has 1 aliphatic rings. The van der Waals surface area contributed by atoms with E-state index >= 15 is 0 Å². The molecule has 1 aromatic heterocycles. The topological polar surface area (TPSA) is 50.9 Å². The van der Waals surface area contributed by atoms with Gasteiger partial charge in [0.25, 0.3) is 0 Å². The Bertz CT molecular complexity index is 524. The Kier molecular flexibility index (Phi) is 2.88. The number of benzene rings is 1. The summed E-state index contributed by atoms with van der Waals surface area (Å²) in [5, 5.41) is 18.4. The average Bonchev–Trinajstić information content (AvgIpc) is 3.03. The molecule has 1 heterocycles. The smallest absolute Gasteiger partial charge is 0.101 e. The molecule has 18 heavy (non-hydrogen) atoms. The molecule has 1 atom stereocenters. The number of hydrogen-bond donors (Lipinski definition) is 1. The molecule has 1 aromatic carbocycles.